The van der Waals surface area contributed by atoms with Gasteiger partial charge in [0.1, 0.15) is 0 Å². The first kappa shape index (κ1) is 11.9. The van der Waals surface area contributed by atoms with E-state index in [2.05, 4.69) is 22.0 Å². The molecule has 0 atom stereocenters. The summed E-state index contributed by atoms with van der Waals surface area (Å²) in [7, 11) is 0. The fourth-order valence-corrected chi connectivity index (χ4v) is 3.76. The van der Waals surface area contributed by atoms with Crippen LogP contribution < -0.4 is 0 Å². The molecule has 2 aromatic rings. The Balaban J connectivity index is 2.38. The van der Waals surface area contributed by atoms with Gasteiger partial charge in [-0.05, 0) is 36.6 Å². The highest BCUT2D eigenvalue weighted by molar-refractivity contribution is 9.10. The van der Waals surface area contributed by atoms with Crippen molar-refractivity contribution in [2.45, 2.75) is 16.0 Å². The lowest BCUT2D eigenvalue weighted by Crippen LogP contribution is -1.94. The summed E-state index contributed by atoms with van der Waals surface area (Å²) in [6, 6.07) is 9.82. The molecule has 0 spiro atoms. The molecule has 1 aromatic heterocycles. The Morgan fingerprint density at radius 1 is 1.38 bits per heavy atom. The third-order valence-corrected chi connectivity index (χ3v) is 4.62. The Morgan fingerprint density at radius 2 is 2.19 bits per heavy atom. The van der Waals surface area contributed by atoms with Crippen LogP contribution in [0.5, 0.6) is 0 Å². The molecule has 0 amide bonds. The number of carbonyl (C=O) groups is 1. The van der Waals surface area contributed by atoms with Crippen LogP contribution in [-0.2, 0) is 0 Å². The summed E-state index contributed by atoms with van der Waals surface area (Å²) in [5, 5.41) is 2.04. The Bertz CT molecular complexity index is 506. The van der Waals surface area contributed by atoms with Gasteiger partial charge in [-0.3, -0.25) is 4.79 Å². The molecule has 0 bridgehead atoms. The highest BCUT2D eigenvalue weighted by Crippen LogP contribution is 2.35. The van der Waals surface area contributed by atoms with Crippen LogP contribution >= 0.6 is 39.0 Å². The van der Waals surface area contributed by atoms with Crippen LogP contribution in [0.2, 0.25) is 0 Å². The number of ketones is 1. The smallest absolute Gasteiger partial charge is 0.160 e. The minimum Gasteiger partial charge on any atom is -0.294 e. The van der Waals surface area contributed by atoms with Crippen LogP contribution in [0.15, 0.2) is 49.3 Å². The normalized spacial score (nSPS) is 10.4. The summed E-state index contributed by atoms with van der Waals surface area (Å²) in [6.07, 6.45) is 0. The van der Waals surface area contributed by atoms with Crippen LogP contribution in [0, 0.1) is 0 Å². The molecule has 2 rings (SSSR count). The molecule has 4 heteroatoms. The Morgan fingerprint density at radius 3 is 2.81 bits per heavy atom. The van der Waals surface area contributed by atoms with E-state index >= 15 is 0 Å². The zero-order valence-corrected chi connectivity index (χ0v) is 11.8. The highest BCUT2D eigenvalue weighted by atomic mass is 79.9. The first-order valence-electron chi connectivity index (χ1n) is 4.68. The lowest BCUT2D eigenvalue weighted by atomic mass is 10.1. The van der Waals surface area contributed by atoms with Gasteiger partial charge in [-0.1, -0.05) is 33.8 Å². The van der Waals surface area contributed by atoms with Gasteiger partial charge in [0, 0.05) is 14.9 Å². The Hall–Kier alpha value is -0.580. The van der Waals surface area contributed by atoms with E-state index in [0.717, 1.165) is 14.9 Å². The van der Waals surface area contributed by atoms with E-state index in [9.17, 15) is 4.79 Å². The van der Waals surface area contributed by atoms with E-state index in [4.69, 9.17) is 0 Å². The molecule has 0 N–H and O–H groups in total. The van der Waals surface area contributed by atoms with Crippen LogP contribution in [0.3, 0.4) is 0 Å². The molecule has 1 aromatic carbocycles. The second-order valence-corrected chi connectivity index (χ2v) is 6.44. The van der Waals surface area contributed by atoms with Gasteiger partial charge in [-0.2, -0.15) is 0 Å². The van der Waals surface area contributed by atoms with E-state index in [1.165, 1.54) is 4.21 Å². The summed E-state index contributed by atoms with van der Waals surface area (Å²) in [5.41, 5.74) is 0.779. The molecule has 0 radical (unpaired) electrons. The third-order valence-electron chi connectivity index (χ3n) is 2.03. The zero-order valence-electron chi connectivity index (χ0n) is 8.57. The quantitative estimate of drug-likeness (QED) is 0.752. The van der Waals surface area contributed by atoms with Crippen molar-refractivity contribution in [2.24, 2.45) is 0 Å². The van der Waals surface area contributed by atoms with Gasteiger partial charge in [0.05, 0.1) is 4.21 Å². The van der Waals surface area contributed by atoms with Gasteiger partial charge < -0.3 is 0 Å². The lowest BCUT2D eigenvalue weighted by molar-refractivity contribution is 0.101. The van der Waals surface area contributed by atoms with Gasteiger partial charge in [0.25, 0.3) is 0 Å². The first-order chi connectivity index (χ1) is 7.66. The molecule has 0 fully saturated rings. The van der Waals surface area contributed by atoms with Crippen LogP contribution in [-0.4, -0.2) is 5.78 Å². The van der Waals surface area contributed by atoms with Crippen LogP contribution in [0.4, 0.5) is 0 Å². The molecule has 1 heterocycles. The second-order valence-electron chi connectivity index (χ2n) is 3.23. The standard InChI is InChI=1S/C12H9BrOS2/c1-8(14)10-5-4-9(13)7-11(10)16-12-3-2-6-15-12/h2-7H,1H3. The summed E-state index contributed by atoms with van der Waals surface area (Å²) in [5.74, 6) is 0.103. The molecule has 16 heavy (non-hydrogen) atoms. The topological polar surface area (TPSA) is 17.1 Å². The van der Waals surface area contributed by atoms with Crippen molar-refractivity contribution >= 4 is 44.8 Å². The van der Waals surface area contributed by atoms with Gasteiger partial charge in [0.2, 0.25) is 0 Å². The van der Waals surface area contributed by atoms with Crippen molar-refractivity contribution < 1.29 is 4.79 Å². The number of carbonyl (C=O) groups excluding carboxylic acids is 1. The molecule has 0 unspecified atom stereocenters. The summed E-state index contributed by atoms with van der Waals surface area (Å²) in [4.78, 5) is 12.5. The predicted molar refractivity (Wildman–Crippen MR) is 72.6 cm³/mol. The number of benzene rings is 1. The Labute approximate surface area is 111 Å². The van der Waals surface area contributed by atoms with Crippen molar-refractivity contribution in [1.29, 1.82) is 0 Å². The van der Waals surface area contributed by atoms with E-state index in [-0.39, 0.29) is 5.78 Å². The molecule has 0 aliphatic carbocycles. The lowest BCUT2D eigenvalue weighted by Gasteiger charge is -2.05. The van der Waals surface area contributed by atoms with Gasteiger partial charge in [-0.25, -0.2) is 0 Å². The van der Waals surface area contributed by atoms with Gasteiger partial charge >= 0.3 is 0 Å². The largest absolute Gasteiger partial charge is 0.294 e. The van der Waals surface area contributed by atoms with E-state index in [1.807, 2.05) is 29.6 Å². The van der Waals surface area contributed by atoms with Crippen molar-refractivity contribution in [3.63, 3.8) is 0 Å². The summed E-state index contributed by atoms with van der Waals surface area (Å²) in [6.45, 7) is 1.60. The van der Waals surface area contributed by atoms with Crippen LogP contribution in [0.25, 0.3) is 0 Å². The van der Waals surface area contributed by atoms with E-state index < -0.39 is 0 Å². The number of thiophene rings is 1. The predicted octanol–water partition coefficient (Wildman–Crippen LogP) is 4.86. The fourth-order valence-electron chi connectivity index (χ4n) is 1.30. The Kier molecular flexibility index (Phi) is 3.84. The van der Waals surface area contributed by atoms with Crippen molar-refractivity contribution in [1.82, 2.24) is 0 Å². The molecule has 82 valence electrons. The highest BCUT2D eigenvalue weighted by Gasteiger charge is 2.09. The average Bonchev–Trinajstić information content (AvgIpc) is 2.70. The molecule has 1 nitrogen and oxygen atoms in total. The molecule has 0 aliphatic heterocycles. The maximum atomic E-state index is 11.5. The van der Waals surface area contributed by atoms with Crippen LogP contribution in [0.1, 0.15) is 17.3 Å². The number of halogens is 1. The molecule has 0 saturated heterocycles. The SMILES string of the molecule is CC(=O)c1ccc(Br)cc1Sc1cccs1. The third kappa shape index (κ3) is 2.75. The second kappa shape index (κ2) is 5.17. The number of hydrogen-bond donors (Lipinski definition) is 0. The van der Waals surface area contributed by atoms with Crippen molar-refractivity contribution in [2.75, 3.05) is 0 Å². The molecular weight excluding hydrogens is 304 g/mol. The van der Waals surface area contributed by atoms with Crippen molar-refractivity contribution in [3.05, 3.63) is 45.7 Å². The maximum Gasteiger partial charge on any atom is 0.160 e. The number of rotatable bonds is 3. The fraction of sp³-hybridized carbons (Fsp3) is 0.0833. The number of hydrogen-bond acceptors (Lipinski definition) is 3. The maximum absolute atomic E-state index is 11.5. The van der Waals surface area contributed by atoms with E-state index in [1.54, 1.807) is 30.0 Å². The van der Waals surface area contributed by atoms with E-state index in [0.29, 0.717) is 0 Å². The first-order valence-corrected chi connectivity index (χ1v) is 7.17. The molecule has 0 aliphatic rings. The van der Waals surface area contributed by atoms with Crippen molar-refractivity contribution in [3.8, 4) is 0 Å². The molecular formula is C12H9BrOS2. The van der Waals surface area contributed by atoms with Gasteiger partial charge in [0.15, 0.2) is 5.78 Å². The monoisotopic (exact) mass is 312 g/mol. The zero-order chi connectivity index (χ0) is 11.5. The minimum atomic E-state index is 0.103. The van der Waals surface area contributed by atoms with Gasteiger partial charge in [-0.15, -0.1) is 11.3 Å². The minimum absolute atomic E-state index is 0.103. The number of Topliss-reactive ketones (excluding diaryl/α,β-unsaturated/α-hetero) is 1. The molecule has 0 saturated carbocycles. The average molecular weight is 313 g/mol. The summed E-state index contributed by atoms with van der Waals surface area (Å²) >= 11 is 6.74. The summed E-state index contributed by atoms with van der Waals surface area (Å²) < 4.78 is 2.19.